The largest absolute Gasteiger partial charge is 0.328 e. The normalized spacial score (nSPS) is 23.4. The van der Waals surface area contributed by atoms with Crippen LogP contribution in [-0.2, 0) is 6.54 Å². The molecule has 0 saturated carbocycles. The van der Waals surface area contributed by atoms with Gasteiger partial charge in [0.15, 0.2) is 5.82 Å². The Labute approximate surface area is 161 Å². The van der Waals surface area contributed by atoms with Crippen molar-refractivity contribution in [2.24, 2.45) is 11.8 Å². The highest BCUT2D eigenvalue weighted by Gasteiger charge is 2.26. The van der Waals surface area contributed by atoms with Crippen LogP contribution in [0.25, 0.3) is 21.3 Å². The van der Waals surface area contributed by atoms with Crippen LogP contribution < -0.4 is 10.5 Å². The van der Waals surface area contributed by atoms with Crippen LogP contribution in [0.2, 0.25) is 5.02 Å². The van der Waals surface area contributed by atoms with Crippen LogP contribution >= 0.6 is 22.9 Å². The van der Waals surface area contributed by atoms with E-state index in [2.05, 4.69) is 18.8 Å². The lowest BCUT2D eigenvalue weighted by Gasteiger charge is -2.31. The number of nitrogens with one attached hydrogen (secondary N) is 2. The summed E-state index contributed by atoms with van der Waals surface area (Å²) in [6.07, 6.45) is 1.29. The maximum absolute atomic E-state index is 12.8. The Morgan fingerprint density at radius 1 is 1.23 bits per heavy atom. The Morgan fingerprint density at radius 3 is 2.62 bits per heavy atom. The first-order chi connectivity index (χ1) is 12.5. The first kappa shape index (κ1) is 17.7. The Morgan fingerprint density at radius 2 is 1.92 bits per heavy atom. The third-order valence-electron chi connectivity index (χ3n) is 5.14. The summed E-state index contributed by atoms with van der Waals surface area (Å²) in [5.41, 5.74) is 1.87. The highest BCUT2D eigenvalue weighted by atomic mass is 35.5. The second-order valence-electron chi connectivity index (χ2n) is 7.63. The number of halogens is 1. The molecule has 0 spiro atoms. The molecule has 2 aromatic heterocycles. The van der Waals surface area contributed by atoms with Gasteiger partial charge in [0.2, 0.25) is 0 Å². The van der Waals surface area contributed by atoms with E-state index in [1.54, 1.807) is 0 Å². The number of fused-ring (bicyclic) bond motifs is 1. The van der Waals surface area contributed by atoms with Gasteiger partial charge in [-0.15, -0.1) is 11.3 Å². The molecule has 1 aliphatic rings. The number of quaternary nitrogens is 1. The van der Waals surface area contributed by atoms with E-state index in [0.29, 0.717) is 10.4 Å². The molecule has 3 heterocycles. The second-order valence-corrected chi connectivity index (χ2v) is 8.92. The molecule has 26 heavy (non-hydrogen) atoms. The summed E-state index contributed by atoms with van der Waals surface area (Å²) < 4.78 is 0. The van der Waals surface area contributed by atoms with Crippen LogP contribution in [0, 0.1) is 11.8 Å². The molecule has 1 saturated heterocycles. The van der Waals surface area contributed by atoms with Gasteiger partial charge in [0.25, 0.3) is 5.56 Å². The number of aromatic nitrogens is 2. The smallest absolute Gasteiger partial charge is 0.260 e. The van der Waals surface area contributed by atoms with Gasteiger partial charge in [0.05, 0.1) is 18.5 Å². The van der Waals surface area contributed by atoms with E-state index in [1.807, 2.05) is 29.6 Å². The van der Waals surface area contributed by atoms with E-state index < -0.39 is 0 Å². The van der Waals surface area contributed by atoms with Crippen molar-refractivity contribution in [1.82, 2.24) is 9.97 Å². The fourth-order valence-electron chi connectivity index (χ4n) is 4.22. The van der Waals surface area contributed by atoms with Crippen LogP contribution in [0.1, 0.15) is 26.1 Å². The summed E-state index contributed by atoms with van der Waals surface area (Å²) >= 11 is 7.51. The topological polar surface area (TPSA) is 50.2 Å². The van der Waals surface area contributed by atoms with Crippen LogP contribution in [-0.4, -0.2) is 23.1 Å². The number of rotatable bonds is 3. The van der Waals surface area contributed by atoms with E-state index in [1.165, 1.54) is 22.7 Å². The molecule has 1 fully saturated rings. The number of hydrogen-bond acceptors (Lipinski definition) is 3. The number of aromatic amines is 1. The lowest BCUT2D eigenvalue weighted by Crippen LogP contribution is -3.13. The molecule has 0 bridgehead atoms. The number of H-pyrrole nitrogens is 1. The Balaban J connectivity index is 1.66. The molecule has 1 aliphatic heterocycles. The molecular weight excluding hydrogens is 366 g/mol. The highest BCUT2D eigenvalue weighted by Crippen LogP contribution is 2.31. The van der Waals surface area contributed by atoms with E-state index >= 15 is 0 Å². The average molecular weight is 389 g/mol. The number of hydrogen-bond donors (Lipinski definition) is 2. The number of nitrogens with zero attached hydrogens (tertiary/aromatic N) is 1. The van der Waals surface area contributed by atoms with Crippen molar-refractivity contribution >= 4 is 33.2 Å². The quantitative estimate of drug-likeness (QED) is 0.722. The van der Waals surface area contributed by atoms with Gasteiger partial charge in [-0.2, -0.15) is 0 Å². The minimum atomic E-state index is -0.0475. The standard InChI is InChI=1S/C20H22ClN3OS/c1-12-7-13(2)9-24(8-12)10-17-22-19(25)18-16(11-26-20(18)23-17)14-3-5-15(21)6-4-14/h3-6,11-13H,7-10H2,1-2H3,(H,22,23,25)/p+1/t12-,13-/m0/s1. The Bertz CT molecular complexity index is 969. The van der Waals surface area contributed by atoms with Gasteiger partial charge in [0, 0.05) is 27.8 Å². The molecule has 0 radical (unpaired) electrons. The molecule has 4 nitrogen and oxygen atoms in total. The molecule has 0 amide bonds. The van der Waals surface area contributed by atoms with Gasteiger partial charge < -0.3 is 9.88 Å². The predicted octanol–water partition coefficient (Wildman–Crippen LogP) is 3.37. The minimum absolute atomic E-state index is 0.0475. The first-order valence-corrected chi connectivity index (χ1v) is 10.3. The van der Waals surface area contributed by atoms with Crippen molar-refractivity contribution < 1.29 is 4.90 Å². The number of likely N-dealkylation sites (tertiary alicyclic amines) is 1. The lowest BCUT2D eigenvalue weighted by atomic mass is 9.92. The maximum atomic E-state index is 12.8. The Kier molecular flexibility index (Phi) is 4.86. The van der Waals surface area contributed by atoms with Gasteiger partial charge in [-0.1, -0.05) is 37.6 Å². The molecule has 2 atom stereocenters. The van der Waals surface area contributed by atoms with Crippen molar-refractivity contribution in [3.05, 3.63) is 50.8 Å². The van der Waals surface area contributed by atoms with E-state index in [0.717, 1.165) is 53.3 Å². The third kappa shape index (κ3) is 3.56. The minimum Gasteiger partial charge on any atom is -0.328 e. The van der Waals surface area contributed by atoms with Crippen LogP contribution in [0.3, 0.4) is 0 Å². The van der Waals surface area contributed by atoms with E-state index in [-0.39, 0.29) is 5.56 Å². The second kappa shape index (κ2) is 7.14. The van der Waals surface area contributed by atoms with Gasteiger partial charge in [-0.3, -0.25) is 4.79 Å². The van der Waals surface area contributed by atoms with Gasteiger partial charge in [-0.25, -0.2) is 4.98 Å². The van der Waals surface area contributed by atoms with E-state index in [9.17, 15) is 4.79 Å². The molecule has 0 unspecified atom stereocenters. The van der Waals surface area contributed by atoms with Gasteiger partial charge >= 0.3 is 0 Å². The zero-order chi connectivity index (χ0) is 18.3. The molecule has 2 N–H and O–H groups in total. The van der Waals surface area contributed by atoms with Crippen molar-refractivity contribution in [3.63, 3.8) is 0 Å². The van der Waals surface area contributed by atoms with Crippen molar-refractivity contribution in [2.75, 3.05) is 13.1 Å². The molecule has 1 aromatic carbocycles. The van der Waals surface area contributed by atoms with Crippen molar-refractivity contribution in [2.45, 2.75) is 26.8 Å². The summed E-state index contributed by atoms with van der Waals surface area (Å²) in [5, 5.41) is 3.38. The molecular formula is C20H23ClN3OS+. The number of benzene rings is 1. The number of thiophene rings is 1. The summed E-state index contributed by atoms with van der Waals surface area (Å²) in [5.74, 6) is 2.24. The molecule has 4 rings (SSSR count). The number of piperidine rings is 1. The van der Waals surface area contributed by atoms with Crippen molar-refractivity contribution in [1.29, 1.82) is 0 Å². The predicted molar refractivity (Wildman–Crippen MR) is 108 cm³/mol. The monoisotopic (exact) mass is 388 g/mol. The van der Waals surface area contributed by atoms with Gasteiger partial charge in [0.1, 0.15) is 11.4 Å². The zero-order valence-electron chi connectivity index (χ0n) is 15.0. The van der Waals surface area contributed by atoms with Crippen molar-refractivity contribution in [3.8, 4) is 11.1 Å². The van der Waals surface area contributed by atoms with E-state index in [4.69, 9.17) is 16.6 Å². The summed E-state index contributed by atoms with van der Waals surface area (Å²) in [7, 11) is 0. The average Bonchev–Trinajstić information content (AvgIpc) is 2.99. The van der Waals surface area contributed by atoms with Crippen LogP contribution in [0.5, 0.6) is 0 Å². The molecule has 3 aromatic rings. The molecule has 136 valence electrons. The lowest BCUT2D eigenvalue weighted by molar-refractivity contribution is -0.926. The molecule has 0 aliphatic carbocycles. The van der Waals surface area contributed by atoms with Crippen LogP contribution in [0.4, 0.5) is 0 Å². The third-order valence-corrected chi connectivity index (χ3v) is 6.27. The zero-order valence-corrected chi connectivity index (χ0v) is 16.6. The highest BCUT2D eigenvalue weighted by molar-refractivity contribution is 7.17. The summed E-state index contributed by atoms with van der Waals surface area (Å²) in [6, 6.07) is 7.58. The fraction of sp³-hybridized carbons (Fsp3) is 0.400. The Hall–Kier alpha value is -1.69. The summed E-state index contributed by atoms with van der Waals surface area (Å²) in [4.78, 5) is 22.9. The van der Waals surface area contributed by atoms with Gasteiger partial charge in [-0.05, 0) is 24.1 Å². The SMILES string of the molecule is C[C@H]1C[C@H](C)C[NH+](Cc2nc3scc(-c4ccc(Cl)cc4)c3c(=O)[nH]2)C1. The van der Waals surface area contributed by atoms with Crippen LogP contribution in [0.15, 0.2) is 34.4 Å². The first-order valence-electron chi connectivity index (χ1n) is 9.09. The summed E-state index contributed by atoms with van der Waals surface area (Å²) in [6.45, 7) is 7.70. The molecule has 6 heteroatoms. The fourth-order valence-corrected chi connectivity index (χ4v) is 5.32. The maximum Gasteiger partial charge on any atom is 0.260 e.